The van der Waals surface area contributed by atoms with E-state index in [0.717, 1.165) is 12.1 Å². The summed E-state index contributed by atoms with van der Waals surface area (Å²) in [5.41, 5.74) is -1.27. The van der Waals surface area contributed by atoms with Crippen LogP contribution in [0, 0.1) is 5.92 Å². The minimum atomic E-state index is -4.57. The molecular weight excluding hydrogens is 329 g/mol. The number of aromatic nitrogens is 1. The first kappa shape index (κ1) is 16.0. The van der Waals surface area contributed by atoms with Crippen LogP contribution in [0.3, 0.4) is 0 Å². The van der Waals surface area contributed by atoms with E-state index >= 15 is 0 Å². The van der Waals surface area contributed by atoms with Gasteiger partial charge in [-0.1, -0.05) is 23.4 Å². The fourth-order valence-electron chi connectivity index (χ4n) is 2.41. The Bertz CT molecular complexity index is 794. The predicted octanol–water partition coefficient (Wildman–Crippen LogP) is 2.52. The van der Waals surface area contributed by atoms with E-state index in [1.54, 1.807) is 0 Å². The number of likely N-dealkylation sites (tertiary alicyclic amines) is 1. The summed E-state index contributed by atoms with van der Waals surface area (Å²) >= 11 is 0. The van der Waals surface area contributed by atoms with Gasteiger partial charge in [0.2, 0.25) is 0 Å². The van der Waals surface area contributed by atoms with Crippen LogP contribution in [0.2, 0.25) is 0 Å². The molecule has 1 aliphatic rings. The van der Waals surface area contributed by atoms with Crippen molar-refractivity contribution in [1.29, 1.82) is 0 Å². The summed E-state index contributed by atoms with van der Waals surface area (Å²) in [4.78, 5) is 24.1. The Morgan fingerprint density at radius 3 is 2.54 bits per heavy atom. The number of rotatable bonds is 3. The third-order valence-corrected chi connectivity index (χ3v) is 3.75. The highest BCUT2D eigenvalue weighted by Crippen LogP contribution is 2.37. The minimum absolute atomic E-state index is 0.0372. The number of alkyl halides is 3. The van der Waals surface area contributed by atoms with Crippen LogP contribution in [-0.2, 0) is 11.0 Å². The molecule has 2 heterocycles. The topological polar surface area (TPSA) is 83.6 Å². The van der Waals surface area contributed by atoms with E-state index in [4.69, 9.17) is 9.63 Å². The van der Waals surface area contributed by atoms with Crippen LogP contribution in [0.4, 0.5) is 13.2 Å². The van der Waals surface area contributed by atoms with Crippen LogP contribution in [-0.4, -0.2) is 40.1 Å². The lowest BCUT2D eigenvalue weighted by atomic mass is 10.00. The molecule has 1 amide bonds. The van der Waals surface area contributed by atoms with Crippen molar-refractivity contribution in [2.75, 3.05) is 13.1 Å². The minimum Gasteiger partial charge on any atom is -0.481 e. The Labute approximate surface area is 133 Å². The summed E-state index contributed by atoms with van der Waals surface area (Å²) in [5.74, 6) is -2.39. The third-order valence-electron chi connectivity index (χ3n) is 3.75. The van der Waals surface area contributed by atoms with Crippen LogP contribution in [0.5, 0.6) is 0 Å². The molecule has 1 aromatic carbocycles. The Kier molecular flexibility index (Phi) is 3.78. The van der Waals surface area contributed by atoms with Crippen LogP contribution >= 0.6 is 0 Å². The summed E-state index contributed by atoms with van der Waals surface area (Å²) in [7, 11) is 0. The molecular formula is C15H11F3N2O4. The number of halogens is 3. The lowest BCUT2D eigenvalue weighted by Gasteiger charge is -2.35. The molecule has 0 aliphatic carbocycles. The molecule has 1 saturated heterocycles. The number of hydrogen-bond acceptors (Lipinski definition) is 4. The number of carboxylic acids is 1. The van der Waals surface area contributed by atoms with Crippen molar-refractivity contribution in [3.63, 3.8) is 0 Å². The molecule has 6 nitrogen and oxygen atoms in total. The number of aliphatic carboxylic acids is 1. The van der Waals surface area contributed by atoms with Gasteiger partial charge in [0.25, 0.3) is 5.91 Å². The maximum Gasteiger partial charge on any atom is 0.417 e. The molecule has 0 radical (unpaired) electrons. The zero-order valence-electron chi connectivity index (χ0n) is 12.1. The number of amides is 1. The van der Waals surface area contributed by atoms with Gasteiger partial charge in [-0.15, -0.1) is 0 Å². The number of benzene rings is 1. The van der Waals surface area contributed by atoms with E-state index in [2.05, 4.69) is 5.16 Å². The molecule has 0 atom stereocenters. The fourth-order valence-corrected chi connectivity index (χ4v) is 2.41. The molecule has 1 aromatic heterocycles. The molecule has 3 rings (SSSR count). The maximum absolute atomic E-state index is 13.0. The SMILES string of the molecule is O=C(O)C1CN(C(=O)c2cc(-c3ccccc3C(F)(F)F)on2)C1. The van der Waals surface area contributed by atoms with Gasteiger partial charge in [-0.05, 0) is 6.07 Å². The number of carboxylic acid groups (broad SMARTS) is 1. The van der Waals surface area contributed by atoms with Crippen LogP contribution in [0.25, 0.3) is 11.3 Å². The Balaban J connectivity index is 1.82. The zero-order valence-corrected chi connectivity index (χ0v) is 12.1. The van der Waals surface area contributed by atoms with Crippen molar-refractivity contribution in [1.82, 2.24) is 10.1 Å². The Morgan fingerprint density at radius 2 is 1.92 bits per heavy atom. The van der Waals surface area contributed by atoms with Crippen molar-refractivity contribution < 1.29 is 32.4 Å². The van der Waals surface area contributed by atoms with Gasteiger partial charge in [0.05, 0.1) is 11.5 Å². The first-order chi connectivity index (χ1) is 11.3. The fraction of sp³-hybridized carbons (Fsp3) is 0.267. The van der Waals surface area contributed by atoms with E-state index in [1.807, 2.05) is 0 Å². The summed E-state index contributed by atoms with van der Waals surface area (Å²) in [5, 5.41) is 12.3. The van der Waals surface area contributed by atoms with E-state index in [-0.39, 0.29) is 30.1 Å². The quantitative estimate of drug-likeness (QED) is 0.928. The average Bonchev–Trinajstić information content (AvgIpc) is 2.94. The monoisotopic (exact) mass is 340 g/mol. The molecule has 0 spiro atoms. The van der Waals surface area contributed by atoms with Gasteiger partial charge in [-0.3, -0.25) is 9.59 Å². The highest BCUT2D eigenvalue weighted by Gasteiger charge is 2.38. The number of carbonyl (C=O) groups is 2. The van der Waals surface area contributed by atoms with Gasteiger partial charge >= 0.3 is 12.1 Å². The lowest BCUT2D eigenvalue weighted by Crippen LogP contribution is -2.53. The van der Waals surface area contributed by atoms with Crippen molar-refractivity contribution in [3.05, 3.63) is 41.6 Å². The van der Waals surface area contributed by atoms with Crippen molar-refractivity contribution in [2.45, 2.75) is 6.18 Å². The second-order valence-electron chi connectivity index (χ2n) is 5.37. The molecule has 1 fully saturated rings. The van der Waals surface area contributed by atoms with E-state index in [1.165, 1.54) is 23.1 Å². The van der Waals surface area contributed by atoms with E-state index in [9.17, 15) is 22.8 Å². The molecule has 2 aromatic rings. The number of nitrogens with zero attached hydrogens (tertiary/aromatic N) is 2. The molecule has 0 bridgehead atoms. The molecule has 1 N–H and O–H groups in total. The van der Waals surface area contributed by atoms with E-state index in [0.29, 0.717) is 0 Å². The summed E-state index contributed by atoms with van der Waals surface area (Å²) in [6.07, 6.45) is -4.57. The Hall–Kier alpha value is -2.84. The maximum atomic E-state index is 13.0. The van der Waals surface area contributed by atoms with Gasteiger partial charge in [0.1, 0.15) is 0 Å². The lowest BCUT2D eigenvalue weighted by molar-refractivity contribution is -0.146. The second kappa shape index (κ2) is 5.66. The average molecular weight is 340 g/mol. The van der Waals surface area contributed by atoms with Gasteiger partial charge < -0.3 is 14.5 Å². The smallest absolute Gasteiger partial charge is 0.417 e. The largest absolute Gasteiger partial charge is 0.481 e. The Morgan fingerprint density at radius 1 is 1.25 bits per heavy atom. The zero-order chi connectivity index (χ0) is 17.5. The summed E-state index contributed by atoms with van der Waals surface area (Å²) in [6, 6.07) is 5.93. The number of carbonyl (C=O) groups excluding carboxylic acids is 1. The third kappa shape index (κ3) is 2.84. The van der Waals surface area contributed by atoms with Gasteiger partial charge in [-0.25, -0.2) is 0 Å². The molecule has 9 heteroatoms. The molecule has 1 aliphatic heterocycles. The number of hydrogen-bond donors (Lipinski definition) is 1. The van der Waals surface area contributed by atoms with Crippen LogP contribution in [0.1, 0.15) is 16.1 Å². The molecule has 0 saturated carbocycles. The van der Waals surface area contributed by atoms with Crippen LogP contribution in [0.15, 0.2) is 34.9 Å². The van der Waals surface area contributed by atoms with Crippen molar-refractivity contribution in [3.8, 4) is 11.3 Å². The molecule has 126 valence electrons. The van der Waals surface area contributed by atoms with E-state index < -0.39 is 29.5 Å². The second-order valence-corrected chi connectivity index (χ2v) is 5.37. The molecule has 24 heavy (non-hydrogen) atoms. The first-order valence-corrected chi connectivity index (χ1v) is 6.93. The predicted molar refractivity (Wildman–Crippen MR) is 74.0 cm³/mol. The standard InChI is InChI=1S/C15H11F3N2O4/c16-15(17,18)10-4-2-1-3-9(10)12-5-11(19-24-12)13(21)20-6-8(7-20)14(22)23/h1-5,8H,6-7H2,(H,22,23). The highest BCUT2D eigenvalue weighted by atomic mass is 19.4. The molecule has 0 unspecified atom stereocenters. The normalized spacial score (nSPS) is 15.2. The highest BCUT2D eigenvalue weighted by molar-refractivity contribution is 5.94. The van der Waals surface area contributed by atoms with Crippen molar-refractivity contribution in [2.24, 2.45) is 5.92 Å². The van der Waals surface area contributed by atoms with Crippen molar-refractivity contribution >= 4 is 11.9 Å². The van der Waals surface area contributed by atoms with Gasteiger partial charge in [0.15, 0.2) is 11.5 Å². The van der Waals surface area contributed by atoms with Crippen LogP contribution < -0.4 is 0 Å². The summed E-state index contributed by atoms with van der Waals surface area (Å²) < 4.78 is 43.9. The van der Waals surface area contributed by atoms with Gasteiger partial charge in [-0.2, -0.15) is 13.2 Å². The van der Waals surface area contributed by atoms with Gasteiger partial charge in [0, 0.05) is 24.7 Å². The first-order valence-electron chi connectivity index (χ1n) is 6.93. The summed E-state index contributed by atoms with van der Waals surface area (Å²) in [6.45, 7) is 0.0744.